The number of halogens is 1. The second kappa shape index (κ2) is 7.07. The first-order chi connectivity index (χ1) is 12.3. The number of anilines is 2. The highest BCUT2D eigenvalue weighted by atomic mass is 35.5. The Balaban J connectivity index is 1.48. The second-order valence-corrected chi connectivity index (χ2v) is 6.34. The highest BCUT2D eigenvalue weighted by Gasteiger charge is 2.21. The molecule has 1 aliphatic rings. The van der Waals surface area contributed by atoms with Crippen LogP contribution in [0.2, 0.25) is 5.02 Å². The Labute approximate surface area is 151 Å². The first kappa shape index (κ1) is 15.8. The molecule has 3 heterocycles. The summed E-state index contributed by atoms with van der Waals surface area (Å²) < 4.78 is 0. The van der Waals surface area contributed by atoms with Gasteiger partial charge in [0.15, 0.2) is 5.82 Å². The molecular weight excluding hydrogens is 334 g/mol. The van der Waals surface area contributed by atoms with Gasteiger partial charge in [0.25, 0.3) is 0 Å². The molecule has 3 aromatic rings. The van der Waals surface area contributed by atoms with E-state index in [-0.39, 0.29) is 0 Å². The van der Waals surface area contributed by atoms with Crippen LogP contribution in [-0.4, -0.2) is 41.4 Å². The monoisotopic (exact) mass is 351 g/mol. The van der Waals surface area contributed by atoms with Gasteiger partial charge in [0.1, 0.15) is 5.82 Å². The van der Waals surface area contributed by atoms with Crippen molar-refractivity contribution in [3.63, 3.8) is 0 Å². The van der Waals surface area contributed by atoms with E-state index in [1.165, 1.54) is 0 Å². The first-order valence-corrected chi connectivity index (χ1v) is 8.68. The summed E-state index contributed by atoms with van der Waals surface area (Å²) in [6.45, 7) is 3.45. The largest absolute Gasteiger partial charge is 0.353 e. The predicted molar refractivity (Wildman–Crippen MR) is 101 cm³/mol. The third-order valence-electron chi connectivity index (χ3n) is 4.35. The van der Waals surface area contributed by atoms with Crippen LogP contribution in [0, 0.1) is 0 Å². The van der Waals surface area contributed by atoms with Gasteiger partial charge in [-0.3, -0.25) is 0 Å². The molecule has 0 atom stereocenters. The van der Waals surface area contributed by atoms with Crippen molar-refractivity contribution in [2.45, 2.75) is 0 Å². The fourth-order valence-corrected chi connectivity index (χ4v) is 3.28. The zero-order valence-corrected chi connectivity index (χ0v) is 14.5. The van der Waals surface area contributed by atoms with Crippen LogP contribution >= 0.6 is 11.6 Å². The van der Waals surface area contributed by atoms with Gasteiger partial charge in [-0.1, -0.05) is 48.0 Å². The van der Waals surface area contributed by atoms with Crippen LogP contribution in [-0.2, 0) is 0 Å². The van der Waals surface area contributed by atoms with E-state index in [1.807, 2.05) is 60.8 Å². The first-order valence-electron chi connectivity index (χ1n) is 8.31. The lowest BCUT2D eigenvalue weighted by molar-refractivity contribution is 0.638. The summed E-state index contributed by atoms with van der Waals surface area (Å²) in [4.78, 5) is 8.87. The number of piperazine rings is 1. The SMILES string of the molecule is Clc1cc(-c2ccccc2)nnc1N1CCN(c2ccccn2)CC1. The molecule has 1 saturated heterocycles. The quantitative estimate of drug-likeness (QED) is 0.722. The number of pyridine rings is 1. The molecule has 6 heteroatoms. The van der Waals surface area contributed by atoms with Crippen molar-refractivity contribution in [1.29, 1.82) is 0 Å². The molecule has 1 aliphatic heterocycles. The van der Waals surface area contributed by atoms with Crippen LogP contribution in [0.25, 0.3) is 11.3 Å². The van der Waals surface area contributed by atoms with Gasteiger partial charge in [-0.15, -0.1) is 10.2 Å². The minimum absolute atomic E-state index is 0.639. The summed E-state index contributed by atoms with van der Waals surface area (Å²) in [5.74, 6) is 1.76. The maximum Gasteiger partial charge on any atom is 0.170 e. The van der Waals surface area contributed by atoms with Crippen LogP contribution in [0.15, 0.2) is 60.8 Å². The lowest BCUT2D eigenvalue weighted by Crippen LogP contribution is -2.47. The molecule has 4 rings (SSSR count). The molecule has 25 heavy (non-hydrogen) atoms. The zero-order chi connectivity index (χ0) is 17.1. The van der Waals surface area contributed by atoms with E-state index in [0.29, 0.717) is 5.02 Å². The summed E-state index contributed by atoms with van der Waals surface area (Å²) in [7, 11) is 0. The van der Waals surface area contributed by atoms with E-state index in [1.54, 1.807) is 0 Å². The Morgan fingerprint density at radius 1 is 0.800 bits per heavy atom. The molecule has 5 nitrogen and oxygen atoms in total. The maximum absolute atomic E-state index is 6.50. The minimum Gasteiger partial charge on any atom is -0.353 e. The molecule has 0 radical (unpaired) electrons. The van der Waals surface area contributed by atoms with Crippen molar-refractivity contribution in [2.24, 2.45) is 0 Å². The molecule has 2 aromatic heterocycles. The van der Waals surface area contributed by atoms with Crippen molar-refractivity contribution in [3.8, 4) is 11.3 Å². The Kier molecular flexibility index (Phi) is 4.48. The highest BCUT2D eigenvalue weighted by Crippen LogP contribution is 2.28. The summed E-state index contributed by atoms with van der Waals surface area (Å²) in [6, 6.07) is 17.8. The molecule has 0 saturated carbocycles. The summed E-state index contributed by atoms with van der Waals surface area (Å²) in [5.41, 5.74) is 1.81. The van der Waals surface area contributed by atoms with Gasteiger partial charge in [-0.25, -0.2) is 4.98 Å². The van der Waals surface area contributed by atoms with Gasteiger partial charge in [0.2, 0.25) is 0 Å². The number of hydrogen-bond acceptors (Lipinski definition) is 5. The Bertz CT molecular complexity index is 833. The predicted octanol–water partition coefficient (Wildman–Crippen LogP) is 3.52. The smallest absolute Gasteiger partial charge is 0.170 e. The Hall–Kier alpha value is -2.66. The fourth-order valence-electron chi connectivity index (χ4n) is 3.01. The van der Waals surface area contributed by atoms with E-state index >= 15 is 0 Å². The Morgan fingerprint density at radius 2 is 1.52 bits per heavy atom. The second-order valence-electron chi connectivity index (χ2n) is 5.93. The molecule has 1 fully saturated rings. The molecular formula is C19H18ClN5. The van der Waals surface area contributed by atoms with Crippen molar-refractivity contribution in [2.75, 3.05) is 36.0 Å². The topological polar surface area (TPSA) is 45.2 Å². The van der Waals surface area contributed by atoms with Gasteiger partial charge in [-0.05, 0) is 18.2 Å². The van der Waals surface area contributed by atoms with Gasteiger partial charge < -0.3 is 9.80 Å². The van der Waals surface area contributed by atoms with Crippen molar-refractivity contribution < 1.29 is 0 Å². The highest BCUT2D eigenvalue weighted by molar-refractivity contribution is 6.33. The maximum atomic E-state index is 6.50. The standard InChI is InChI=1S/C19H18ClN5/c20-16-14-17(15-6-2-1-3-7-15)22-23-19(16)25-12-10-24(11-13-25)18-8-4-5-9-21-18/h1-9,14H,10-13H2. The lowest BCUT2D eigenvalue weighted by Gasteiger charge is -2.36. The lowest BCUT2D eigenvalue weighted by atomic mass is 10.1. The van der Waals surface area contributed by atoms with Gasteiger partial charge in [0.05, 0.1) is 10.7 Å². The van der Waals surface area contributed by atoms with Crippen LogP contribution < -0.4 is 9.80 Å². The van der Waals surface area contributed by atoms with Crippen molar-refractivity contribution in [1.82, 2.24) is 15.2 Å². The van der Waals surface area contributed by atoms with Gasteiger partial charge in [-0.2, -0.15) is 0 Å². The number of hydrogen-bond donors (Lipinski definition) is 0. The van der Waals surface area contributed by atoms with E-state index in [2.05, 4.69) is 25.0 Å². The average Bonchev–Trinajstić information content (AvgIpc) is 2.69. The molecule has 0 spiro atoms. The summed E-state index contributed by atoms with van der Waals surface area (Å²) >= 11 is 6.50. The van der Waals surface area contributed by atoms with Crippen molar-refractivity contribution >= 4 is 23.2 Å². The van der Waals surface area contributed by atoms with E-state index in [9.17, 15) is 0 Å². The van der Waals surface area contributed by atoms with Crippen LogP contribution in [0.4, 0.5) is 11.6 Å². The van der Waals surface area contributed by atoms with E-state index in [0.717, 1.165) is 49.1 Å². The van der Waals surface area contributed by atoms with E-state index in [4.69, 9.17) is 11.6 Å². The van der Waals surface area contributed by atoms with Crippen LogP contribution in [0.3, 0.4) is 0 Å². The van der Waals surface area contributed by atoms with Crippen LogP contribution in [0.5, 0.6) is 0 Å². The molecule has 0 N–H and O–H groups in total. The number of nitrogens with zero attached hydrogens (tertiary/aromatic N) is 5. The summed E-state index contributed by atoms with van der Waals surface area (Å²) in [6.07, 6.45) is 1.83. The molecule has 0 unspecified atom stereocenters. The van der Waals surface area contributed by atoms with Gasteiger partial charge in [0, 0.05) is 37.9 Å². The van der Waals surface area contributed by atoms with Crippen LogP contribution in [0.1, 0.15) is 0 Å². The third-order valence-corrected chi connectivity index (χ3v) is 4.63. The molecule has 126 valence electrons. The number of benzene rings is 1. The minimum atomic E-state index is 0.639. The zero-order valence-electron chi connectivity index (χ0n) is 13.7. The Morgan fingerprint density at radius 3 is 2.20 bits per heavy atom. The molecule has 0 bridgehead atoms. The average molecular weight is 352 g/mol. The third kappa shape index (κ3) is 3.42. The number of aromatic nitrogens is 3. The normalized spacial score (nSPS) is 14.6. The van der Waals surface area contributed by atoms with Gasteiger partial charge >= 0.3 is 0 Å². The molecule has 0 aliphatic carbocycles. The number of rotatable bonds is 3. The summed E-state index contributed by atoms with van der Waals surface area (Å²) in [5, 5.41) is 9.39. The molecule has 0 amide bonds. The molecule has 1 aromatic carbocycles. The van der Waals surface area contributed by atoms with Crippen molar-refractivity contribution in [3.05, 3.63) is 65.8 Å². The van der Waals surface area contributed by atoms with E-state index < -0.39 is 0 Å². The fraction of sp³-hybridized carbons (Fsp3) is 0.211.